The molecule has 1 aliphatic carbocycles. The van der Waals surface area contributed by atoms with Crippen LogP contribution in [0.5, 0.6) is 0 Å². The minimum atomic E-state index is -3.57. The van der Waals surface area contributed by atoms with Gasteiger partial charge in [0.05, 0.1) is 4.90 Å². The van der Waals surface area contributed by atoms with Crippen molar-refractivity contribution >= 4 is 15.9 Å². The summed E-state index contributed by atoms with van der Waals surface area (Å²) >= 11 is 0. The largest absolute Gasteiger partial charge is 0.348 e. The summed E-state index contributed by atoms with van der Waals surface area (Å²) in [7, 11) is -1.94. The Labute approximate surface area is 165 Å². The van der Waals surface area contributed by atoms with Gasteiger partial charge in [-0.25, -0.2) is 12.8 Å². The topological polar surface area (TPSA) is 66.5 Å². The number of rotatable bonds is 6. The average molecular weight is 405 g/mol. The third kappa shape index (κ3) is 4.77. The molecule has 150 valence electrons. The van der Waals surface area contributed by atoms with Crippen molar-refractivity contribution in [2.45, 2.75) is 49.6 Å². The molecular weight excluding hydrogens is 379 g/mol. The zero-order valence-corrected chi connectivity index (χ0v) is 16.7. The quantitative estimate of drug-likeness (QED) is 0.798. The maximum absolute atomic E-state index is 12.9. The molecule has 28 heavy (non-hydrogen) atoms. The minimum Gasteiger partial charge on any atom is -0.348 e. The van der Waals surface area contributed by atoms with Gasteiger partial charge in [0.1, 0.15) is 5.82 Å². The number of sulfonamides is 1. The lowest BCUT2D eigenvalue weighted by Crippen LogP contribution is -2.38. The highest BCUT2D eigenvalue weighted by atomic mass is 32.2. The van der Waals surface area contributed by atoms with Crippen LogP contribution in [0.15, 0.2) is 53.4 Å². The van der Waals surface area contributed by atoms with Gasteiger partial charge in [0.25, 0.3) is 5.91 Å². The summed E-state index contributed by atoms with van der Waals surface area (Å²) < 4.78 is 40.1. The maximum atomic E-state index is 12.9. The highest BCUT2D eigenvalue weighted by molar-refractivity contribution is 7.89. The van der Waals surface area contributed by atoms with Crippen molar-refractivity contribution < 1.29 is 17.6 Å². The number of carbonyl (C=O) groups excluding carboxylic acids is 1. The molecule has 7 heteroatoms. The van der Waals surface area contributed by atoms with Gasteiger partial charge in [0.15, 0.2) is 0 Å². The van der Waals surface area contributed by atoms with Crippen LogP contribution in [0.1, 0.15) is 48.0 Å². The molecule has 0 spiro atoms. The van der Waals surface area contributed by atoms with Gasteiger partial charge in [-0.05, 0) is 54.8 Å². The van der Waals surface area contributed by atoms with E-state index in [1.165, 1.54) is 40.7 Å². The van der Waals surface area contributed by atoms with Gasteiger partial charge < -0.3 is 5.32 Å². The van der Waals surface area contributed by atoms with Crippen LogP contribution in [-0.4, -0.2) is 31.7 Å². The van der Waals surface area contributed by atoms with E-state index in [4.69, 9.17) is 0 Å². The molecule has 0 aliphatic heterocycles. The minimum absolute atomic E-state index is 0.0393. The van der Waals surface area contributed by atoms with Crippen molar-refractivity contribution in [3.8, 4) is 0 Å². The van der Waals surface area contributed by atoms with Crippen LogP contribution in [-0.2, 0) is 16.6 Å². The van der Waals surface area contributed by atoms with Crippen LogP contribution in [0.3, 0.4) is 0 Å². The molecule has 1 N–H and O–H groups in total. The van der Waals surface area contributed by atoms with Gasteiger partial charge in [-0.3, -0.25) is 4.79 Å². The molecule has 1 aliphatic rings. The molecule has 1 amide bonds. The van der Waals surface area contributed by atoms with Crippen molar-refractivity contribution in [2.75, 3.05) is 7.05 Å². The first kappa shape index (κ1) is 20.5. The van der Waals surface area contributed by atoms with Crippen LogP contribution in [0.4, 0.5) is 4.39 Å². The lowest BCUT2D eigenvalue weighted by atomic mass is 9.96. The van der Waals surface area contributed by atoms with E-state index in [1.807, 2.05) is 0 Å². The fraction of sp³-hybridized carbons (Fsp3) is 0.381. The third-order valence-electron chi connectivity index (χ3n) is 5.25. The van der Waals surface area contributed by atoms with E-state index in [0.717, 1.165) is 37.7 Å². The highest BCUT2D eigenvalue weighted by Crippen LogP contribution is 2.26. The molecule has 0 heterocycles. The lowest BCUT2D eigenvalue weighted by Gasteiger charge is -2.30. The van der Waals surface area contributed by atoms with E-state index in [1.54, 1.807) is 19.2 Å². The van der Waals surface area contributed by atoms with E-state index in [2.05, 4.69) is 5.32 Å². The number of nitrogens with one attached hydrogen (secondary N) is 1. The standard InChI is InChI=1S/C21H25FN2O3S/c1-24(19-5-3-2-4-6-19)28(26,27)20-13-9-17(10-14-20)21(25)23-15-16-7-11-18(22)12-8-16/h7-14,19H,2-6,15H2,1H3,(H,23,25). The molecule has 0 unspecified atom stereocenters. The Balaban J connectivity index is 1.64. The van der Waals surface area contributed by atoms with E-state index >= 15 is 0 Å². The molecule has 0 bridgehead atoms. The summed E-state index contributed by atoms with van der Waals surface area (Å²) in [6.07, 6.45) is 5.04. The van der Waals surface area contributed by atoms with Crippen LogP contribution in [0.25, 0.3) is 0 Å². The molecule has 1 saturated carbocycles. The number of halogens is 1. The van der Waals surface area contributed by atoms with Crippen molar-refractivity contribution in [1.29, 1.82) is 0 Å². The molecule has 0 aromatic heterocycles. The summed E-state index contributed by atoms with van der Waals surface area (Å²) in [4.78, 5) is 12.5. The molecule has 0 atom stereocenters. The second-order valence-corrected chi connectivity index (χ2v) is 9.14. The summed E-state index contributed by atoms with van der Waals surface area (Å²) in [6, 6.07) is 11.9. The fourth-order valence-corrected chi connectivity index (χ4v) is 4.89. The number of hydrogen-bond acceptors (Lipinski definition) is 3. The maximum Gasteiger partial charge on any atom is 0.251 e. The molecule has 5 nitrogen and oxygen atoms in total. The Bertz CT molecular complexity index is 906. The number of hydrogen-bond donors (Lipinski definition) is 1. The van der Waals surface area contributed by atoms with E-state index in [9.17, 15) is 17.6 Å². The summed E-state index contributed by atoms with van der Waals surface area (Å²) in [6.45, 7) is 0.267. The lowest BCUT2D eigenvalue weighted by molar-refractivity contribution is 0.0951. The molecule has 2 aromatic carbocycles. The smallest absolute Gasteiger partial charge is 0.251 e. The first-order valence-electron chi connectivity index (χ1n) is 9.48. The Hall–Kier alpha value is -2.25. The summed E-state index contributed by atoms with van der Waals surface area (Å²) in [5, 5.41) is 2.75. The Morgan fingerprint density at radius 2 is 1.64 bits per heavy atom. The average Bonchev–Trinajstić information content (AvgIpc) is 2.73. The summed E-state index contributed by atoms with van der Waals surface area (Å²) in [5.74, 6) is -0.640. The normalized spacial score (nSPS) is 15.5. The van der Waals surface area contributed by atoms with Crippen LogP contribution in [0, 0.1) is 5.82 Å². The molecule has 0 radical (unpaired) electrons. The first-order valence-corrected chi connectivity index (χ1v) is 10.9. The highest BCUT2D eigenvalue weighted by Gasteiger charge is 2.29. The third-order valence-corrected chi connectivity index (χ3v) is 7.17. The number of nitrogens with zero attached hydrogens (tertiary/aromatic N) is 1. The Kier molecular flexibility index (Phi) is 6.46. The zero-order chi connectivity index (χ0) is 20.1. The number of benzene rings is 2. The van der Waals surface area contributed by atoms with E-state index < -0.39 is 10.0 Å². The van der Waals surface area contributed by atoms with Crippen LogP contribution >= 0.6 is 0 Å². The molecule has 0 saturated heterocycles. The Morgan fingerprint density at radius 1 is 1.04 bits per heavy atom. The predicted molar refractivity (Wildman–Crippen MR) is 106 cm³/mol. The Morgan fingerprint density at radius 3 is 2.25 bits per heavy atom. The van der Waals surface area contributed by atoms with Crippen molar-refractivity contribution in [3.05, 3.63) is 65.5 Å². The van der Waals surface area contributed by atoms with E-state index in [-0.39, 0.29) is 29.2 Å². The molecule has 2 aromatic rings. The fourth-order valence-electron chi connectivity index (χ4n) is 3.47. The predicted octanol–water partition coefficient (Wildman–Crippen LogP) is 3.71. The van der Waals surface area contributed by atoms with Gasteiger partial charge >= 0.3 is 0 Å². The van der Waals surface area contributed by atoms with Crippen molar-refractivity contribution in [1.82, 2.24) is 9.62 Å². The molecule has 1 fully saturated rings. The van der Waals surface area contributed by atoms with Gasteiger partial charge in [-0.1, -0.05) is 31.4 Å². The number of carbonyl (C=O) groups is 1. The van der Waals surface area contributed by atoms with Gasteiger partial charge in [0, 0.05) is 25.2 Å². The van der Waals surface area contributed by atoms with Crippen molar-refractivity contribution in [3.63, 3.8) is 0 Å². The molecular formula is C21H25FN2O3S. The number of amides is 1. The van der Waals surface area contributed by atoms with Gasteiger partial charge in [-0.15, -0.1) is 0 Å². The van der Waals surface area contributed by atoms with E-state index in [0.29, 0.717) is 5.56 Å². The van der Waals surface area contributed by atoms with Gasteiger partial charge in [-0.2, -0.15) is 4.31 Å². The second kappa shape index (κ2) is 8.84. The van der Waals surface area contributed by atoms with Gasteiger partial charge in [0.2, 0.25) is 10.0 Å². The monoisotopic (exact) mass is 404 g/mol. The van der Waals surface area contributed by atoms with Crippen LogP contribution in [0.2, 0.25) is 0 Å². The zero-order valence-electron chi connectivity index (χ0n) is 15.9. The SMILES string of the molecule is CN(C1CCCCC1)S(=O)(=O)c1ccc(C(=O)NCc2ccc(F)cc2)cc1. The molecule has 3 rings (SSSR count). The van der Waals surface area contributed by atoms with Crippen LogP contribution < -0.4 is 5.32 Å². The second-order valence-electron chi connectivity index (χ2n) is 7.15. The first-order chi connectivity index (χ1) is 13.4. The van der Waals surface area contributed by atoms with Crippen molar-refractivity contribution in [2.24, 2.45) is 0 Å². The summed E-state index contributed by atoms with van der Waals surface area (Å²) in [5.41, 5.74) is 1.16.